The molecule has 11 rings (SSSR count). The number of rotatable bonds is 3. The van der Waals surface area contributed by atoms with Gasteiger partial charge in [0.05, 0.1) is 0 Å². The maximum Gasteiger partial charge on any atom is 0.164 e. The highest BCUT2D eigenvalue weighted by molar-refractivity contribution is 6.26. The summed E-state index contributed by atoms with van der Waals surface area (Å²) in [6.07, 6.45) is 1.59. The summed E-state index contributed by atoms with van der Waals surface area (Å²) in [6, 6.07) is 50.7. The lowest BCUT2D eigenvalue weighted by Gasteiger charge is -2.12. The Morgan fingerprint density at radius 1 is 0.340 bits per heavy atom. The lowest BCUT2D eigenvalue weighted by molar-refractivity contribution is 0.668. The maximum absolute atomic E-state index is 6.52. The van der Waals surface area contributed by atoms with E-state index in [0.717, 1.165) is 66.1 Å². The standard InChI is InChI=1S/C45H25N3O2/c1-2-11-30-28(9-1)29-10-3-4-12-31(29)37-23-26(19-21-32(30)37)27-20-22-34-41(24-27)50-40-18-8-15-36(43(34)40)45-47-25-46-44(48-45)35-14-7-17-39-42(35)33-13-5-6-16-38(33)49-39/h1-25H. The Labute approximate surface area is 285 Å². The van der Waals surface area contributed by atoms with E-state index in [1.54, 1.807) is 6.33 Å². The fourth-order valence-corrected chi connectivity index (χ4v) is 7.80. The summed E-state index contributed by atoms with van der Waals surface area (Å²) in [5.74, 6) is 1.18. The quantitative estimate of drug-likeness (QED) is 0.180. The number of fused-ring (bicyclic) bond motifs is 12. The fourth-order valence-electron chi connectivity index (χ4n) is 7.80. The minimum absolute atomic E-state index is 0.589. The fraction of sp³-hybridized carbons (Fsp3) is 0. The first-order valence-electron chi connectivity index (χ1n) is 16.7. The molecule has 3 heterocycles. The van der Waals surface area contributed by atoms with Crippen LogP contribution in [0.1, 0.15) is 0 Å². The molecule has 0 aliphatic rings. The molecule has 5 heteroatoms. The molecule has 3 aromatic heterocycles. The largest absolute Gasteiger partial charge is 0.456 e. The van der Waals surface area contributed by atoms with Crippen molar-refractivity contribution < 1.29 is 8.83 Å². The van der Waals surface area contributed by atoms with Gasteiger partial charge in [0.15, 0.2) is 11.6 Å². The van der Waals surface area contributed by atoms with E-state index in [0.29, 0.717) is 11.6 Å². The van der Waals surface area contributed by atoms with Gasteiger partial charge in [-0.05, 0) is 79.8 Å². The predicted octanol–water partition coefficient (Wildman–Crippen LogP) is 12.1. The van der Waals surface area contributed by atoms with E-state index in [-0.39, 0.29) is 0 Å². The summed E-state index contributed by atoms with van der Waals surface area (Å²) in [5, 5.41) is 11.6. The Bertz CT molecular complexity index is 3140. The second-order valence-corrected chi connectivity index (χ2v) is 12.8. The highest BCUT2D eigenvalue weighted by atomic mass is 16.3. The Balaban J connectivity index is 1.05. The molecular weight excluding hydrogens is 615 g/mol. The Kier molecular flexibility index (Phi) is 5.60. The Hall–Kier alpha value is -6.85. The molecule has 0 aliphatic carbocycles. The van der Waals surface area contributed by atoms with Gasteiger partial charge in [-0.15, -0.1) is 0 Å². The number of furan rings is 2. The van der Waals surface area contributed by atoms with Crippen LogP contribution in [0.2, 0.25) is 0 Å². The first-order valence-corrected chi connectivity index (χ1v) is 16.7. The van der Waals surface area contributed by atoms with E-state index in [1.165, 1.54) is 32.3 Å². The van der Waals surface area contributed by atoms with Crippen molar-refractivity contribution in [1.29, 1.82) is 0 Å². The molecular formula is C45H25N3O2. The first kappa shape index (κ1) is 27.1. The Morgan fingerprint density at radius 3 is 1.44 bits per heavy atom. The molecule has 0 amide bonds. The third-order valence-electron chi connectivity index (χ3n) is 10.0. The van der Waals surface area contributed by atoms with Gasteiger partial charge in [-0.2, -0.15) is 0 Å². The smallest absolute Gasteiger partial charge is 0.164 e. The summed E-state index contributed by atoms with van der Waals surface area (Å²) < 4.78 is 12.7. The SMILES string of the molecule is c1ccc2c(c1)oc1cccc(-c3ncnc(-c4cccc5oc6cc(-c7ccc8c9ccccc9c9ccccc9c8c7)ccc6c45)n3)c12. The second kappa shape index (κ2) is 10.3. The molecule has 0 spiro atoms. The molecule has 11 aromatic rings. The molecule has 50 heavy (non-hydrogen) atoms. The first-order chi connectivity index (χ1) is 24.8. The van der Waals surface area contributed by atoms with Crippen molar-refractivity contribution in [2.24, 2.45) is 0 Å². The van der Waals surface area contributed by atoms with Crippen LogP contribution < -0.4 is 0 Å². The average molecular weight is 640 g/mol. The van der Waals surface area contributed by atoms with Crippen molar-refractivity contribution in [3.05, 3.63) is 152 Å². The minimum Gasteiger partial charge on any atom is -0.456 e. The molecule has 0 N–H and O–H groups in total. The van der Waals surface area contributed by atoms with Gasteiger partial charge in [0.1, 0.15) is 28.7 Å². The van der Waals surface area contributed by atoms with Gasteiger partial charge in [0.2, 0.25) is 0 Å². The van der Waals surface area contributed by atoms with E-state index >= 15 is 0 Å². The van der Waals surface area contributed by atoms with Gasteiger partial charge < -0.3 is 8.83 Å². The molecule has 5 nitrogen and oxygen atoms in total. The summed E-state index contributed by atoms with van der Waals surface area (Å²) in [4.78, 5) is 14.3. The number of benzene rings is 8. The molecule has 8 aromatic carbocycles. The topological polar surface area (TPSA) is 65.0 Å². The number of nitrogens with zero attached hydrogens (tertiary/aromatic N) is 3. The number of hydrogen-bond acceptors (Lipinski definition) is 5. The lowest BCUT2D eigenvalue weighted by Crippen LogP contribution is -1.96. The van der Waals surface area contributed by atoms with Gasteiger partial charge in [-0.1, -0.05) is 109 Å². The summed E-state index contributed by atoms with van der Waals surface area (Å²) >= 11 is 0. The minimum atomic E-state index is 0.589. The summed E-state index contributed by atoms with van der Waals surface area (Å²) in [5.41, 5.74) is 7.28. The highest BCUT2D eigenvalue weighted by Crippen LogP contribution is 2.41. The number of hydrogen-bond donors (Lipinski definition) is 0. The molecule has 0 saturated heterocycles. The van der Waals surface area contributed by atoms with E-state index in [1.807, 2.05) is 48.5 Å². The lowest BCUT2D eigenvalue weighted by atomic mass is 9.92. The van der Waals surface area contributed by atoms with Crippen molar-refractivity contribution in [1.82, 2.24) is 15.0 Å². The van der Waals surface area contributed by atoms with Crippen molar-refractivity contribution in [2.75, 3.05) is 0 Å². The highest BCUT2D eigenvalue weighted by Gasteiger charge is 2.19. The third-order valence-corrected chi connectivity index (χ3v) is 10.0. The zero-order valence-electron chi connectivity index (χ0n) is 26.6. The zero-order chi connectivity index (χ0) is 32.8. The van der Waals surface area contributed by atoms with E-state index in [4.69, 9.17) is 13.8 Å². The van der Waals surface area contributed by atoms with Crippen molar-refractivity contribution in [3.8, 4) is 33.9 Å². The van der Waals surface area contributed by atoms with Crippen LogP contribution in [-0.4, -0.2) is 15.0 Å². The van der Waals surface area contributed by atoms with E-state index < -0.39 is 0 Å². The molecule has 0 saturated carbocycles. The van der Waals surface area contributed by atoms with Crippen LogP contribution in [-0.2, 0) is 0 Å². The van der Waals surface area contributed by atoms with E-state index in [9.17, 15) is 0 Å². The van der Waals surface area contributed by atoms with Crippen LogP contribution in [0.4, 0.5) is 0 Å². The van der Waals surface area contributed by atoms with Gasteiger partial charge >= 0.3 is 0 Å². The van der Waals surface area contributed by atoms with Crippen LogP contribution in [0, 0.1) is 0 Å². The normalized spacial score (nSPS) is 12.0. The van der Waals surface area contributed by atoms with Gasteiger partial charge in [0.25, 0.3) is 0 Å². The monoisotopic (exact) mass is 639 g/mol. The van der Waals surface area contributed by atoms with Crippen molar-refractivity contribution in [2.45, 2.75) is 0 Å². The van der Waals surface area contributed by atoms with Crippen LogP contribution in [0.25, 0.3) is 110 Å². The maximum atomic E-state index is 6.52. The molecule has 0 radical (unpaired) electrons. The number of aromatic nitrogens is 3. The van der Waals surface area contributed by atoms with Crippen molar-refractivity contribution >= 4 is 76.2 Å². The van der Waals surface area contributed by atoms with Gasteiger partial charge in [-0.25, -0.2) is 15.0 Å². The molecule has 0 fully saturated rings. The van der Waals surface area contributed by atoms with Crippen LogP contribution >= 0.6 is 0 Å². The molecule has 0 aliphatic heterocycles. The zero-order valence-corrected chi connectivity index (χ0v) is 26.6. The van der Waals surface area contributed by atoms with E-state index in [2.05, 4.69) is 107 Å². The Morgan fingerprint density at radius 2 is 0.800 bits per heavy atom. The predicted molar refractivity (Wildman–Crippen MR) is 203 cm³/mol. The molecule has 232 valence electrons. The molecule has 0 atom stereocenters. The van der Waals surface area contributed by atoms with Crippen LogP contribution in [0.5, 0.6) is 0 Å². The van der Waals surface area contributed by atoms with Crippen molar-refractivity contribution in [3.63, 3.8) is 0 Å². The van der Waals surface area contributed by atoms with Crippen LogP contribution in [0.15, 0.2) is 161 Å². The average Bonchev–Trinajstić information content (AvgIpc) is 3.76. The summed E-state index contributed by atoms with van der Waals surface area (Å²) in [7, 11) is 0. The number of para-hydroxylation sites is 1. The summed E-state index contributed by atoms with van der Waals surface area (Å²) in [6.45, 7) is 0. The third kappa shape index (κ3) is 3.92. The second-order valence-electron chi connectivity index (χ2n) is 12.8. The van der Waals surface area contributed by atoms with Crippen LogP contribution in [0.3, 0.4) is 0 Å². The molecule has 0 unspecified atom stereocenters. The van der Waals surface area contributed by atoms with Gasteiger partial charge in [-0.3, -0.25) is 0 Å². The molecule has 0 bridgehead atoms. The van der Waals surface area contributed by atoms with Gasteiger partial charge in [0, 0.05) is 32.7 Å².